The molecule has 2 N–H and O–H groups in total. The maximum atomic E-state index is 13.5. The third kappa shape index (κ3) is 2.74. The van der Waals surface area contributed by atoms with Crippen LogP contribution in [0.1, 0.15) is 29.5 Å². The van der Waals surface area contributed by atoms with Crippen LogP contribution in [0.4, 0.5) is 0 Å². The molecule has 2 aromatic rings. The molecule has 2 heteroatoms. The molecule has 0 bridgehead atoms. The number of ketones is 1. The van der Waals surface area contributed by atoms with Crippen LogP contribution in [-0.2, 0) is 15.7 Å². The molecule has 2 nitrogen and oxygen atoms in total. The van der Waals surface area contributed by atoms with E-state index in [-0.39, 0.29) is 5.78 Å². The highest BCUT2D eigenvalue weighted by molar-refractivity contribution is 6.02. The van der Waals surface area contributed by atoms with Crippen molar-refractivity contribution in [3.8, 4) is 0 Å². The Morgan fingerprint density at radius 3 is 2.29 bits per heavy atom. The average molecular weight is 317 g/mol. The number of carbonyl (C=O) groups excluding carboxylic acids is 1. The van der Waals surface area contributed by atoms with Crippen molar-refractivity contribution in [2.24, 2.45) is 5.73 Å². The molecule has 2 aromatic carbocycles. The van der Waals surface area contributed by atoms with Gasteiger partial charge in [-0.1, -0.05) is 85.0 Å². The number of rotatable bonds is 6. The molecule has 1 saturated carbocycles. The molecule has 1 aliphatic rings. The summed E-state index contributed by atoms with van der Waals surface area (Å²) in [6.07, 6.45) is 6.89. The third-order valence-corrected chi connectivity index (χ3v) is 4.91. The Balaban J connectivity index is 2.06. The number of aryl methyl sites for hydroxylation is 1. The van der Waals surface area contributed by atoms with Crippen molar-refractivity contribution in [1.82, 2.24) is 0 Å². The Morgan fingerprint density at radius 2 is 1.75 bits per heavy atom. The normalized spacial score (nSPS) is 18.1. The second-order valence-electron chi connectivity index (χ2n) is 6.61. The van der Waals surface area contributed by atoms with Crippen LogP contribution in [-0.4, -0.2) is 5.78 Å². The topological polar surface area (TPSA) is 43.1 Å². The minimum Gasteiger partial charge on any atom is -0.312 e. The molecular weight excluding hydrogens is 294 g/mol. The molecule has 0 heterocycles. The van der Waals surface area contributed by atoms with Crippen LogP contribution in [0.5, 0.6) is 0 Å². The van der Waals surface area contributed by atoms with Gasteiger partial charge in [0.2, 0.25) is 0 Å². The van der Waals surface area contributed by atoms with Gasteiger partial charge in [0.15, 0.2) is 5.78 Å². The highest BCUT2D eigenvalue weighted by atomic mass is 16.1. The van der Waals surface area contributed by atoms with E-state index in [1.165, 1.54) is 0 Å². The van der Waals surface area contributed by atoms with E-state index in [0.717, 1.165) is 29.5 Å². The lowest BCUT2D eigenvalue weighted by Gasteiger charge is -2.30. The number of hydrogen-bond donors (Lipinski definition) is 1. The molecule has 0 aliphatic heterocycles. The van der Waals surface area contributed by atoms with Crippen LogP contribution in [0.3, 0.4) is 0 Å². The first-order valence-corrected chi connectivity index (χ1v) is 8.30. The lowest BCUT2D eigenvalue weighted by atomic mass is 9.76. The maximum Gasteiger partial charge on any atom is 0.171 e. The molecule has 1 atom stereocenters. The van der Waals surface area contributed by atoms with Gasteiger partial charge in [0.05, 0.1) is 5.41 Å². The fourth-order valence-electron chi connectivity index (χ4n) is 3.28. The summed E-state index contributed by atoms with van der Waals surface area (Å²) in [6.45, 7) is 5.74. The summed E-state index contributed by atoms with van der Waals surface area (Å²) in [5.74, 6) is 0.0585. The summed E-state index contributed by atoms with van der Waals surface area (Å²) in [6, 6.07) is 17.9. The van der Waals surface area contributed by atoms with E-state index in [9.17, 15) is 4.79 Å². The summed E-state index contributed by atoms with van der Waals surface area (Å²) in [5, 5.41) is 0. The van der Waals surface area contributed by atoms with E-state index in [1.54, 1.807) is 18.2 Å². The molecule has 1 aliphatic carbocycles. The zero-order chi connectivity index (χ0) is 17.2. The second-order valence-corrected chi connectivity index (χ2v) is 6.61. The summed E-state index contributed by atoms with van der Waals surface area (Å²) < 4.78 is 0. The van der Waals surface area contributed by atoms with Crippen LogP contribution in [0, 0.1) is 6.92 Å². The average Bonchev–Trinajstić information content (AvgIpc) is 3.42. The molecular formula is C22H23NO. The van der Waals surface area contributed by atoms with Gasteiger partial charge < -0.3 is 5.73 Å². The maximum absolute atomic E-state index is 13.5. The Kier molecular flexibility index (Phi) is 4.25. The van der Waals surface area contributed by atoms with Gasteiger partial charge in [0.1, 0.15) is 5.54 Å². The zero-order valence-electron chi connectivity index (χ0n) is 14.0. The molecule has 0 radical (unpaired) electrons. The largest absolute Gasteiger partial charge is 0.312 e. The Labute approximate surface area is 143 Å². The molecule has 0 saturated heterocycles. The van der Waals surface area contributed by atoms with E-state index in [2.05, 4.69) is 6.58 Å². The van der Waals surface area contributed by atoms with Crippen molar-refractivity contribution >= 4 is 5.78 Å². The number of allylic oxidation sites excluding steroid dienone is 2. The van der Waals surface area contributed by atoms with Crippen molar-refractivity contribution in [3.05, 3.63) is 96.1 Å². The SMILES string of the molecule is C=C/C=C\C(N)(C(=O)C1(c2ccccc2)CC1)c1ccc(C)cc1. The highest BCUT2D eigenvalue weighted by Gasteiger charge is 2.56. The summed E-state index contributed by atoms with van der Waals surface area (Å²) >= 11 is 0. The van der Waals surface area contributed by atoms with Crippen molar-refractivity contribution in [3.63, 3.8) is 0 Å². The Bertz CT molecular complexity index is 769. The molecule has 3 rings (SSSR count). The fourth-order valence-corrected chi connectivity index (χ4v) is 3.28. The quantitative estimate of drug-likeness (QED) is 0.812. The highest BCUT2D eigenvalue weighted by Crippen LogP contribution is 2.52. The zero-order valence-corrected chi connectivity index (χ0v) is 14.0. The van der Waals surface area contributed by atoms with Crippen LogP contribution in [0.15, 0.2) is 79.4 Å². The molecule has 0 aromatic heterocycles. The lowest BCUT2D eigenvalue weighted by molar-refractivity contribution is -0.125. The predicted molar refractivity (Wildman–Crippen MR) is 98.7 cm³/mol. The van der Waals surface area contributed by atoms with E-state index in [4.69, 9.17) is 5.73 Å². The summed E-state index contributed by atoms with van der Waals surface area (Å²) in [7, 11) is 0. The van der Waals surface area contributed by atoms with Gasteiger partial charge in [0.25, 0.3) is 0 Å². The third-order valence-electron chi connectivity index (χ3n) is 4.91. The standard InChI is InChI=1S/C22H23NO/c1-3-4-14-22(23,19-12-10-17(2)11-13-19)20(24)21(15-16-21)18-8-6-5-7-9-18/h3-14H,1,15-16,23H2,2H3/b14-4-. The molecule has 24 heavy (non-hydrogen) atoms. The van der Waals surface area contributed by atoms with Crippen LogP contribution < -0.4 is 5.73 Å². The van der Waals surface area contributed by atoms with E-state index < -0.39 is 11.0 Å². The van der Waals surface area contributed by atoms with Gasteiger partial charge in [-0.2, -0.15) is 0 Å². The number of nitrogens with two attached hydrogens (primary N) is 1. The Hall–Kier alpha value is -2.45. The van der Waals surface area contributed by atoms with Gasteiger partial charge in [-0.05, 0) is 30.9 Å². The molecule has 0 spiro atoms. The van der Waals surface area contributed by atoms with E-state index in [0.29, 0.717) is 0 Å². The van der Waals surface area contributed by atoms with Crippen LogP contribution in [0.2, 0.25) is 0 Å². The summed E-state index contributed by atoms with van der Waals surface area (Å²) in [5.41, 5.74) is 8.09. The molecule has 122 valence electrons. The van der Waals surface area contributed by atoms with Crippen molar-refractivity contribution in [2.75, 3.05) is 0 Å². The number of carbonyl (C=O) groups is 1. The first-order chi connectivity index (χ1) is 11.5. The smallest absolute Gasteiger partial charge is 0.171 e. The monoisotopic (exact) mass is 317 g/mol. The van der Waals surface area contributed by atoms with Crippen molar-refractivity contribution in [1.29, 1.82) is 0 Å². The lowest BCUT2D eigenvalue weighted by Crippen LogP contribution is -2.48. The predicted octanol–water partition coefficient (Wildman–Crippen LogP) is 4.19. The molecule has 1 unspecified atom stereocenters. The van der Waals surface area contributed by atoms with Crippen LogP contribution >= 0.6 is 0 Å². The number of Topliss-reactive ketones (excluding diaryl/α,β-unsaturated/α-hetero) is 1. The van der Waals surface area contributed by atoms with Gasteiger partial charge >= 0.3 is 0 Å². The number of benzene rings is 2. The number of hydrogen-bond acceptors (Lipinski definition) is 2. The minimum atomic E-state index is -1.14. The fraction of sp³-hybridized carbons (Fsp3) is 0.227. The minimum absolute atomic E-state index is 0.0585. The van der Waals surface area contributed by atoms with Gasteiger partial charge in [-0.15, -0.1) is 0 Å². The second kappa shape index (κ2) is 6.21. The van der Waals surface area contributed by atoms with Gasteiger partial charge in [-0.25, -0.2) is 0 Å². The van der Waals surface area contributed by atoms with Gasteiger partial charge in [0, 0.05) is 0 Å². The van der Waals surface area contributed by atoms with E-state index >= 15 is 0 Å². The Morgan fingerprint density at radius 1 is 1.12 bits per heavy atom. The first kappa shape index (κ1) is 16.4. The van der Waals surface area contributed by atoms with Crippen molar-refractivity contribution in [2.45, 2.75) is 30.7 Å². The molecule has 1 fully saturated rings. The van der Waals surface area contributed by atoms with E-state index in [1.807, 2.05) is 61.5 Å². The molecule has 0 amide bonds. The van der Waals surface area contributed by atoms with Gasteiger partial charge in [-0.3, -0.25) is 4.79 Å². The summed E-state index contributed by atoms with van der Waals surface area (Å²) in [4.78, 5) is 13.5. The van der Waals surface area contributed by atoms with Crippen molar-refractivity contribution < 1.29 is 4.79 Å². The van der Waals surface area contributed by atoms with Crippen LogP contribution in [0.25, 0.3) is 0 Å². The first-order valence-electron chi connectivity index (χ1n) is 8.30.